The monoisotopic (exact) mass is 412 g/mol. The number of hydrogen-bond donors (Lipinski definition) is 1. The summed E-state index contributed by atoms with van der Waals surface area (Å²) in [5, 5.41) is 5.25. The average Bonchev–Trinajstić information content (AvgIpc) is 3.09. The van der Waals surface area contributed by atoms with Crippen LogP contribution in [0.15, 0.2) is 42.6 Å². The minimum Gasteiger partial charge on any atom is -0.487 e. The fraction of sp³-hybridized carbons (Fsp3) is 0.364. The Kier molecular flexibility index (Phi) is 5.11. The van der Waals surface area contributed by atoms with Crippen molar-refractivity contribution in [3.05, 3.63) is 54.0 Å². The number of fused-ring (bicyclic) bond motifs is 2. The van der Waals surface area contributed by atoms with Crippen LogP contribution in [-0.2, 0) is 11.3 Å². The Morgan fingerprint density at radius 1 is 1.40 bits per heavy atom. The zero-order valence-corrected chi connectivity index (χ0v) is 17.3. The van der Waals surface area contributed by atoms with Crippen molar-refractivity contribution in [3.8, 4) is 5.75 Å². The number of carbonyl (C=O) groups excluding carboxylic acids is 1. The third-order valence-electron chi connectivity index (χ3n) is 5.39. The largest absolute Gasteiger partial charge is 0.487 e. The first-order valence-electron chi connectivity index (χ1n) is 9.81. The van der Waals surface area contributed by atoms with E-state index in [2.05, 4.69) is 5.10 Å². The number of nitrogens with zero attached hydrogens (tertiary/aromatic N) is 3. The van der Waals surface area contributed by atoms with Gasteiger partial charge in [-0.25, -0.2) is 9.18 Å². The maximum absolute atomic E-state index is 13.9. The van der Waals surface area contributed by atoms with Crippen LogP contribution in [0, 0.1) is 5.82 Å². The molecular weight excluding hydrogens is 387 g/mol. The molecule has 1 aromatic heterocycles. The van der Waals surface area contributed by atoms with Gasteiger partial charge in [0.1, 0.15) is 17.2 Å². The lowest BCUT2D eigenvalue weighted by atomic mass is 9.88. The van der Waals surface area contributed by atoms with Crippen molar-refractivity contribution in [1.82, 2.24) is 9.78 Å². The van der Waals surface area contributed by atoms with Gasteiger partial charge >= 0.3 is 6.03 Å². The van der Waals surface area contributed by atoms with Crippen LogP contribution < -0.4 is 15.4 Å². The first kappa shape index (κ1) is 20.2. The Morgan fingerprint density at radius 3 is 2.93 bits per heavy atom. The minimum atomic E-state index is -0.601. The van der Waals surface area contributed by atoms with E-state index < -0.39 is 23.5 Å². The molecule has 4 rings (SSSR count). The van der Waals surface area contributed by atoms with Gasteiger partial charge in [-0.1, -0.05) is 12.1 Å². The first-order chi connectivity index (χ1) is 14.3. The summed E-state index contributed by atoms with van der Waals surface area (Å²) in [7, 11) is 1.64. The topological polar surface area (TPSA) is 82.6 Å². The molecule has 0 bridgehead atoms. The second-order valence-corrected chi connectivity index (χ2v) is 8.04. The molecular formula is C22H25FN4O3. The fourth-order valence-electron chi connectivity index (χ4n) is 4.11. The van der Waals surface area contributed by atoms with E-state index in [9.17, 15) is 9.18 Å². The number of ether oxygens (including phenoxy) is 2. The van der Waals surface area contributed by atoms with Crippen LogP contribution >= 0.6 is 0 Å². The molecule has 1 atom stereocenters. The number of anilines is 1. The molecule has 158 valence electrons. The van der Waals surface area contributed by atoms with Crippen molar-refractivity contribution >= 4 is 22.6 Å². The van der Waals surface area contributed by atoms with Crippen molar-refractivity contribution in [3.63, 3.8) is 0 Å². The number of aromatic nitrogens is 2. The van der Waals surface area contributed by atoms with Gasteiger partial charge in [0.2, 0.25) is 0 Å². The van der Waals surface area contributed by atoms with Crippen molar-refractivity contribution in [1.29, 1.82) is 0 Å². The highest BCUT2D eigenvalue weighted by molar-refractivity contribution is 6.02. The maximum Gasteiger partial charge on any atom is 0.319 e. The lowest BCUT2D eigenvalue weighted by Gasteiger charge is -2.42. The zero-order valence-electron chi connectivity index (χ0n) is 17.3. The normalized spacial score (nSPS) is 17.4. The number of amides is 2. The van der Waals surface area contributed by atoms with Crippen molar-refractivity contribution in [2.24, 2.45) is 5.73 Å². The van der Waals surface area contributed by atoms with E-state index in [1.54, 1.807) is 24.3 Å². The Bertz CT molecular complexity index is 1100. The van der Waals surface area contributed by atoms with Gasteiger partial charge in [0.25, 0.3) is 0 Å². The van der Waals surface area contributed by atoms with E-state index in [-0.39, 0.29) is 0 Å². The highest BCUT2D eigenvalue weighted by Gasteiger charge is 2.39. The molecule has 0 aliphatic carbocycles. The lowest BCUT2D eigenvalue weighted by Crippen LogP contribution is -2.46. The first-order valence-corrected chi connectivity index (χ1v) is 9.81. The van der Waals surface area contributed by atoms with Crippen LogP contribution in [0.5, 0.6) is 5.75 Å². The molecule has 1 aliphatic heterocycles. The van der Waals surface area contributed by atoms with Gasteiger partial charge in [0.15, 0.2) is 0 Å². The molecule has 0 saturated heterocycles. The molecule has 0 fully saturated rings. The van der Waals surface area contributed by atoms with Crippen LogP contribution in [0.4, 0.5) is 14.9 Å². The second-order valence-electron chi connectivity index (χ2n) is 8.04. The lowest BCUT2D eigenvalue weighted by molar-refractivity contribution is 0.0719. The molecule has 2 amide bonds. The van der Waals surface area contributed by atoms with Gasteiger partial charge in [-0.3, -0.25) is 9.58 Å². The molecule has 0 radical (unpaired) electrons. The highest BCUT2D eigenvalue weighted by Crippen LogP contribution is 2.45. The van der Waals surface area contributed by atoms with Crippen LogP contribution in [0.2, 0.25) is 0 Å². The number of nitrogens with two attached hydrogens (primary N) is 1. The number of primary amides is 1. The smallest absolute Gasteiger partial charge is 0.319 e. The average molecular weight is 412 g/mol. The number of halogens is 1. The molecule has 0 saturated carbocycles. The predicted octanol–water partition coefficient (Wildman–Crippen LogP) is 4.01. The van der Waals surface area contributed by atoms with E-state index in [1.165, 1.54) is 12.1 Å². The summed E-state index contributed by atoms with van der Waals surface area (Å²) in [5.74, 6) is 0.0304. The van der Waals surface area contributed by atoms with Gasteiger partial charge in [-0.05, 0) is 32.0 Å². The molecule has 30 heavy (non-hydrogen) atoms. The Morgan fingerprint density at radius 2 is 2.20 bits per heavy atom. The molecule has 2 aromatic carbocycles. The van der Waals surface area contributed by atoms with Crippen LogP contribution in [0.1, 0.15) is 31.9 Å². The summed E-state index contributed by atoms with van der Waals surface area (Å²) in [6.45, 7) is 4.94. The predicted molar refractivity (Wildman–Crippen MR) is 112 cm³/mol. The molecule has 8 heteroatoms. The molecule has 0 spiro atoms. The van der Waals surface area contributed by atoms with Crippen LogP contribution in [0.3, 0.4) is 0 Å². The number of carbonyl (C=O) groups is 1. The minimum absolute atomic E-state index is 0.391. The van der Waals surface area contributed by atoms with Crippen molar-refractivity contribution < 1.29 is 18.7 Å². The van der Waals surface area contributed by atoms with E-state index in [1.807, 2.05) is 36.7 Å². The van der Waals surface area contributed by atoms with Gasteiger partial charge in [-0.2, -0.15) is 5.10 Å². The van der Waals surface area contributed by atoms with Gasteiger partial charge in [0, 0.05) is 30.5 Å². The number of hydrogen-bond acceptors (Lipinski definition) is 4. The third kappa shape index (κ3) is 3.59. The summed E-state index contributed by atoms with van der Waals surface area (Å²) in [6, 6.07) is 9.04. The summed E-state index contributed by atoms with van der Waals surface area (Å²) in [6.07, 6.45) is 2.23. The molecule has 1 unspecified atom stereocenters. The van der Waals surface area contributed by atoms with Gasteiger partial charge in [-0.15, -0.1) is 0 Å². The van der Waals surface area contributed by atoms with E-state index in [0.29, 0.717) is 31.0 Å². The summed E-state index contributed by atoms with van der Waals surface area (Å²) in [4.78, 5) is 14.3. The highest BCUT2D eigenvalue weighted by atomic mass is 19.1. The van der Waals surface area contributed by atoms with Crippen LogP contribution in [0.25, 0.3) is 10.9 Å². The molecule has 2 N–H and O–H groups in total. The van der Waals surface area contributed by atoms with Crippen molar-refractivity contribution in [2.75, 3.05) is 18.6 Å². The Hall–Kier alpha value is -3.13. The molecule has 1 aliphatic rings. The fourth-order valence-corrected chi connectivity index (χ4v) is 4.11. The van der Waals surface area contributed by atoms with Crippen LogP contribution in [-0.4, -0.2) is 35.1 Å². The second kappa shape index (κ2) is 7.60. The summed E-state index contributed by atoms with van der Waals surface area (Å²) < 4.78 is 26.8. The number of rotatable bonds is 5. The van der Waals surface area contributed by atoms with E-state index in [0.717, 1.165) is 16.5 Å². The summed E-state index contributed by atoms with van der Waals surface area (Å²) >= 11 is 0. The number of benzene rings is 2. The van der Waals surface area contributed by atoms with E-state index >= 15 is 0 Å². The van der Waals surface area contributed by atoms with E-state index in [4.69, 9.17) is 15.2 Å². The molecule has 3 aromatic rings. The standard InChI is InChI=1S/C22H25FN4O3/c1-22(2)12-19(15-8-7-14(23)11-20(15)30-22)27(21(24)28)18-6-4-5-17-16(18)13-25-26(17)9-10-29-3/h4-8,11,13,19H,9-10,12H2,1-3H3,(H2,24,28). The SMILES string of the molecule is COCCn1ncc2c(N(C(N)=O)C3CC(C)(C)Oc4cc(F)ccc43)cccc21. The number of urea groups is 1. The third-order valence-corrected chi connectivity index (χ3v) is 5.39. The Balaban J connectivity index is 1.85. The summed E-state index contributed by atoms with van der Waals surface area (Å²) in [5.41, 5.74) is 7.53. The quantitative estimate of drug-likeness (QED) is 0.686. The number of methoxy groups -OCH3 is 1. The van der Waals surface area contributed by atoms with Gasteiger partial charge < -0.3 is 15.2 Å². The molecule has 2 heterocycles. The Labute approximate surface area is 174 Å². The molecule has 7 nitrogen and oxygen atoms in total. The maximum atomic E-state index is 13.9. The zero-order chi connectivity index (χ0) is 21.5. The van der Waals surface area contributed by atoms with Crippen molar-refractivity contribution in [2.45, 2.75) is 38.5 Å². The van der Waals surface area contributed by atoms with Gasteiger partial charge in [0.05, 0.1) is 36.6 Å².